The molecule has 92 valence electrons. The summed E-state index contributed by atoms with van der Waals surface area (Å²) in [6, 6.07) is 5.08. The maximum Gasteiger partial charge on any atom is 0.274 e. The Morgan fingerprint density at radius 3 is 2.71 bits per heavy atom. The number of rotatable bonds is 3. The van der Waals surface area contributed by atoms with E-state index in [0.29, 0.717) is 11.3 Å². The molecule has 2 rings (SSSR count). The molecule has 0 aliphatic heterocycles. The number of hydrogen-bond acceptors (Lipinski definition) is 3. The van der Waals surface area contributed by atoms with Gasteiger partial charge in [-0.1, -0.05) is 28.8 Å². The molecule has 0 saturated heterocycles. The van der Waals surface area contributed by atoms with E-state index >= 15 is 0 Å². The van der Waals surface area contributed by atoms with Gasteiger partial charge in [0.2, 0.25) is 0 Å². The van der Waals surface area contributed by atoms with Crippen LogP contribution in [0.1, 0.15) is 36.0 Å². The van der Waals surface area contributed by atoms with Crippen molar-refractivity contribution in [2.75, 3.05) is 5.73 Å². The first-order chi connectivity index (χ1) is 8.15. The van der Waals surface area contributed by atoms with Gasteiger partial charge < -0.3 is 5.73 Å². The average molecular weight is 299 g/mol. The van der Waals surface area contributed by atoms with Gasteiger partial charge in [0.25, 0.3) is 5.91 Å². The first kappa shape index (κ1) is 12.4. The molecular weight excluding hydrogens is 284 g/mol. The Hall–Kier alpha value is -1.07. The fraction of sp³-hybridized carbons (Fsp3) is 0.417. The van der Waals surface area contributed by atoms with Crippen LogP contribution in [-0.2, 0) is 4.84 Å². The van der Waals surface area contributed by atoms with Gasteiger partial charge in [-0.3, -0.25) is 9.63 Å². The fourth-order valence-corrected chi connectivity index (χ4v) is 2.46. The third-order valence-electron chi connectivity index (χ3n) is 2.80. The van der Waals surface area contributed by atoms with Crippen LogP contribution in [0.4, 0.5) is 5.69 Å². The molecular formula is C12H15BrN2O2. The summed E-state index contributed by atoms with van der Waals surface area (Å²) >= 11 is 3.30. The number of nitrogens with one attached hydrogen (secondary N) is 1. The van der Waals surface area contributed by atoms with E-state index in [2.05, 4.69) is 21.4 Å². The molecule has 0 spiro atoms. The SMILES string of the molecule is Nc1cc(Br)cc(C(=O)NOC2CCCC2)c1. The first-order valence-electron chi connectivity index (χ1n) is 5.67. The zero-order chi connectivity index (χ0) is 12.3. The summed E-state index contributed by atoms with van der Waals surface area (Å²) in [5.41, 5.74) is 9.19. The standard InChI is InChI=1S/C12H15BrN2O2/c13-9-5-8(6-10(14)7-9)12(16)15-17-11-3-1-2-4-11/h5-7,11H,1-4,14H2,(H,15,16). The van der Waals surface area contributed by atoms with Crippen molar-refractivity contribution in [2.24, 2.45) is 0 Å². The van der Waals surface area contributed by atoms with E-state index in [1.165, 1.54) is 12.8 Å². The molecule has 1 aromatic carbocycles. The zero-order valence-corrected chi connectivity index (χ0v) is 11.0. The van der Waals surface area contributed by atoms with Crippen LogP contribution in [0, 0.1) is 0 Å². The van der Waals surface area contributed by atoms with Crippen molar-refractivity contribution in [1.29, 1.82) is 0 Å². The number of anilines is 1. The smallest absolute Gasteiger partial charge is 0.274 e. The van der Waals surface area contributed by atoms with Gasteiger partial charge in [0.15, 0.2) is 0 Å². The van der Waals surface area contributed by atoms with E-state index < -0.39 is 0 Å². The van der Waals surface area contributed by atoms with Crippen molar-refractivity contribution < 1.29 is 9.63 Å². The minimum Gasteiger partial charge on any atom is -0.399 e. The molecule has 0 heterocycles. The Bertz CT molecular complexity index is 397. The average Bonchev–Trinajstić information content (AvgIpc) is 2.77. The Balaban J connectivity index is 1.94. The Morgan fingerprint density at radius 2 is 2.06 bits per heavy atom. The second-order valence-electron chi connectivity index (χ2n) is 4.23. The van der Waals surface area contributed by atoms with E-state index in [1.54, 1.807) is 18.2 Å². The van der Waals surface area contributed by atoms with Gasteiger partial charge in [-0.25, -0.2) is 5.48 Å². The van der Waals surface area contributed by atoms with Gasteiger partial charge in [-0.05, 0) is 31.0 Å². The number of carbonyl (C=O) groups excluding carboxylic acids is 1. The van der Waals surface area contributed by atoms with Crippen LogP contribution in [0.2, 0.25) is 0 Å². The van der Waals surface area contributed by atoms with Crippen LogP contribution >= 0.6 is 15.9 Å². The molecule has 1 amide bonds. The highest BCUT2D eigenvalue weighted by Gasteiger charge is 2.17. The molecule has 1 aliphatic rings. The second kappa shape index (κ2) is 5.51. The van der Waals surface area contributed by atoms with Gasteiger partial charge in [0, 0.05) is 15.7 Å². The summed E-state index contributed by atoms with van der Waals surface area (Å²) in [4.78, 5) is 17.1. The molecule has 4 nitrogen and oxygen atoms in total. The lowest BCUT2D eigenvalue weighted by molar-refractivity contribution is -0.0124. The lowest BCUT2D eigenvalue weighted by Gasteiger charge is -2.11. The third kappa shape index (κ3) is 3.44. The summed E-state index contributed by atoms with van der Waals surface area (Å²) < 4.78 is 0.781. The van der Waals surface area contributed by atoms with Crippen molar-refractivity contribution >= 4 is 27.5 Å². The number of hydrogen-bond donors (Lipinski definition) is 2. The normalized spacial score (nSPS) is 16.1. The number of carbonyl (C=O) groups is 1. The van der Waals surface area contributed by atoms with E-state index in [1.807, 2.05) is 0 Å². The molecule has 0 bridgehead atoms. The monoisotopic (exact) mass is 298 g/mol. The summed E-state index contributed by atoms with van der Waals surface area (Å²) in [5, 5.41) is 0. The maximum atomic E-state index is 11.8. The molecule has 0 unspecified atom stereocenters. The second-order valence-corrected chi connectivity index (χ2v) is 5.14. The van der Waals surface area contributed by atoms with Gasteiger partial charge >= 0.3 is 0 Å². The Labute approximate surface area is 109 Å². The maximum absolute atomic E-state index is 11.8. The topological polar surface area (TPSA) is 64.4 Å². The molecule has 1 aliphatic carbocycles. The largest absolute Gasteiger partial charge is 0.399 e. The molecule has 5 heteroatoms. The lowest BCUT2D eigenvalue weighted by Crippen LogP contribution is -2.28. The van der Waals surface area contributed by atoms with E-state index in [9.17, 15) is 4.79 Å². The van der Waals surface area contributed by atoms with Crippen molar-refractivity contribution in [3.63, 3.8) is 0 Å². The predicted molar refractivity (Wildman–Crippen MR) is 69.4 cm³/mol. The molecule has 1 fully saturated rings. The van der Waals surface area contributed by atoms with E-state index in [0.717, 1.165) is 17.3 Å². The van der Waals surface area contributed by atoms with Crippen LogP contribution < -0.4 is 11.2 Å². The number of nitrogen functional groups attached to an aromatic ring is 1. The number of hydroxylamine groups is 1. The van der Waals surface area contributed by atoms with Crippen molar-refractivity contribution in [3.8, 4) is 0 Å². The highest BCUT2D eigenvalue weighted by molar-refractivity contribution is 9.10. The first-order valence-corrected chi connectivity index (χ1v) is 6.46. The number of amides is 1. The Morgan fingerprint density at radius 1 is 1.35 bits per heavy atom. The van der Waals surface area contributed by atoms with Gasteiger partial charge in [0.1, 0.15) is 0 Å². The van der Waals surface area contributed by atoms with Gasteiger partial charge in [-0.15, -0.1) is 0 Å². The molecule has 1 aromatic rings. The van der Waals surface area contributed by atoms with Crippen LogP contribution in [0.25, 0.3) is 0 Å². The van der Waals surface area contributed by atoms with Crippen molar-refractivity contribution in [3.05, 3.63) is 28.2 Å². The van der Waals surface area contributed by atoms with Gasteiger partial charge in [0.05, 0.1) is 6.10 Å². The van der Waals surface area contributed by atoms with E-state index in [-0.39, 0.29) is 12.0 Å². The summed E-state index contributed by atoms with van der Waals surface area (Å²) in [6.45, 7) is 0. The third-order valence-corrected chi connectivity index (χ3v) is 3.26. The number of halogens is 1. The molecule has 3 N–H and O–H groups in total. The lowest BCUT2D eigenvalue weighted by atomic mass is 10.2. The highest BCUT2D eigenvalue weighted by Crippen LogP contribution is 2.20. The summed E-state index contributed by atoms with van der Waals surface area (Å²) in [6.07, 6.45) is 4.53. The summed E-state index contributed by atoms with van der Waals surface area (Å²) in [7, 11) is 0. The molecule has 17 heavy (non-hydrogen) atoms. The molecule has 0 aromatic heterocycles. The predicted octanol–water partition coefficient (Wildman–Crippen LogP) is 2.64. The highest BCUT2D eigenvalue weighted by atomic mass is 79.9. The molecule has 0 atom stereocenters. The Kier molecular flexibility index (Phi) is 4.02. The van der Waals surface area contributed by atoms with Crippen molar-refractivity contribution in [2.45, 2.75) is 31.8 Å². The minimum atomic E-state index is -0.259. The quantitative estimate of drug-likeness (QED) is 0.666. The minimum absolute atomic E-state index is 0.156. The van der Waals surface area contributed by atoms with Gasteiger partial charge in [-0.2, -0.15) is 0 Å². The van der Waals surface area contributed by atoms with Crippen LogP contribution in [0.5, 0.6) is 0 Å². The zero-order valence-electron chi connectivity index (χ0n) is 9.41. The van der Waals surface area contributed by atoms with Crippen molar-refractivity contribution in [1.82, 2.24) is 5.48 Å². The molecule has 1 saturated carbocycles. The van der Waals surface area contributed by atoms with Crippen LogP contribution in [-0.4, -0.2) is 12.0 Å². The molecule has 0 radical (unpaired) electrons. The van der Waals surface area contributed by atoms with Crippen LogP contribution in [0.15, 0.2) is 22.7 Å². The van der Waals surface area contributed by atoms with Crippen LogP contribution in [0.3, 0.4) is 0 Å². The fourth-order valence-electron chi connectivity index (χ4n) is 1.95. The number of benzene rings is 1. The van der Waals surface area contributed by atoms with E-state index in [4.69, 9.17) is 10.6 Å². The number of nitrogens with two attached hydrogens (primary N) is 1. The summed E-state index contributed by atoms with van der Waals surface area (Å²) in [5.74, 6) is -0.259.